The summed E-state index contributed by atoms with van der Waals surface area (Å²) >= 11 is 0. The zero-order chi connectivity index (χ0) is 12.6. The number of hydrogen-bond donors (Lipinski definition) is 0. The summed E-state index contributed by atoms with van der Waals surface area (Å²) in [6.45, 7) is 3.20. The van der Waals surface area contributed by atoms with Crippen molar-refractivity contribution in [1.82, 2.24) is 0 Å². The lowest BCUT2D eigenvalue weighted by atomic mass is 9.98. The van der Waals surface area contributed by atoms with E-state index in [2.05, 4.69) is 6.92 Å². The van der Waals surface area contributed by atoms with Gasteiger partial charge in [0.1, 0.15) is 0 Å². The number of hydrogen-bond acceptors (Lipinski definition) is 2. The second-order valence-corrected chi connectivity index (χ2v) is 6.02. The maximum absolute atomic E-state index is 6.04. The standard InChI is InChI=1S/C16H30O2/c1-2-7-15(18-16-11-12-16)10-6-13-17-14-8-4-3-5-9-14/h14-16H,2-13H2,1H3. The SMILES string of the molecule is CCCC(CCCOC1CCCCC1)OC1CC1. The maximum Gasteiger partial charge on any atom is 0.0580 e. The van der Waals surface area contributed by atoms with Gasteiger partial charge in [-0.25, -0.2) is 0 Å². The Morgan fingerprint density at radius 3 is 2.39 bits per heavy atom. The predicted molar refractivity (Wildman–Crippen MR) is 74.9 cm³/mol. The minimum atomic E-state index is 0.498. The Labute approximate surface area is 112 Å². The quantitative estimate of drug-likeness (QED) is 0.565. The number of ether oxygens (including phenoxy) is 2. The van der Waals surface area contributed by atoms with Crippen molar-refractivity contribution >= 4 is 0 Å². The van der Waals surface area contributed by atoms with Crippen molar-refractivity contribution in [1.29, 1.82) is 0 Å². The van der Waals surface area contributed by atoms with Gasteiger partial charge < -0.3 is 9.47 Å². The summed E-state index contributed by atoms with van der Waals surface area (Å²) in [5.41, 5.74) is 0. The Balaban J connectivity index is 1.51. The Bertz CT molecular complexity index is 207. The van der Waals surface area contributed by atoms with Crippen molar-refractivity contribution in [3.63, 3.8) is 0 Å². The van der Waals surface area contributed by atoms with E-state index in [1.54, 1.807) is 0 Å². The molecule has 0 aromatic heterocycles. The molecule has 2 saturated carbocycles. The van der Waals surface area contributed by atoms with E-state index in [1.807, 2.05) is 0 Å². The van der Waals surface area contributed by atoms with Crippen LogP contribution in [0.1, 0.15) is 77.6 Å². The van der Waals surface area contributed by atoms with Crippen LogP contribution in [0.2, 0.25) is 0 Å². The van der Waals surface area contributed by atoms with Crippen molar-refractivity contribution in [2.45, 2.75) is 95.9 Å². The summed E-state index contributed by atoms with van der Waals surface area (Å²) in [6.07, 6.45) is 15.8. The molecule has 106 valence electrons. The molecule has 2 rings (SSSR count). The summed E-state index contributed by atoms with van der Waals surface area (Å²) in [5.74, 6) is 0. The first-order valence-electron chi connectivity index (χ1n) is 8.15. The van der Waals surface area contributed by atoms with Crippen LogP contribution in [-0.2, 0) is 9.47 Å². The van der Waals surface area contributed by atoms with E-state index >= 15 is 0 Å². The molecule has 0 bridgehead atoms. The molecule has 2 fully saturated rings. The molecule has 0 radical (unpaired) electrons. The molecule has 0 aromatic carbocycles. The summed E-state index contributed by atoms with van der Waals surface area (Å²) in [6, 6.07) is 0. The van der Waals surface area contributed by atoms with E-state index in [-0.39, 0.29) is 0 Å². The monoisotopic (exact) mass is 254 g/mol. The van der Waals surface area contributed by atoms with Gasteiger partial charge in [-0.3, -0.25) is 0 Å². The van der Waals surface area contributed by atoms with Gasteiger partial charge in [-0.15, -0.1) is 0 Å². The fraction of sp³-hybridized carbons (Fsp3) is 1.00. The van der Waals surface area contributed by atoms with Crippen molar-refractivity contribution < 1.29 is 9.47 Å². The summed E-state index contributed by atoms with van der Waals surface area (Å²) in [5, 5.41) is 0. The second-order valence-electron chi connectivity index (χ2n) is 6.02. The first kappa shape index (κ1) is 14.3. The van der Waals surface area contributed by atoms with Crippen LogP contribution < -0.4 is 0 Å². The molecule has 2 aliphatic rings. The van der Waals surface area contributed by atoms with Crippen LogP contribution in [0.3, 0.4) is 0 Å². The fourth-order valence-corrected chi connectivity index (χ4v) is 2.87. The third-order valence-corrected chi connectivity index (χ3v) is 4.10. The van der Waals surface area contributed by atoms with Crippen LogP contribution in [0.25, 0.3) is 0 Å². The molecule has 0 aliphatic heterocycles. The molecule has 0 aromatic rings. The average Bonchev–Trinajstić information content (AvgIpc) is 3.20. The van der Waals surface area contributed by atoms with E-state index in [0.29, 0.717) is 18.3 Å². The lowest BCUT2D eigenvalue weighted by Gasteiger charge is -2.22. The third kappa shape index (κ3) is 5.71. The van der Waals surface area contributed by atoms with Gasteiger partial charge in [-0.1, -0.05) is 32.6 Å². The maximum atomic E-state index is 6.04. The first-order valence-corrected chi connectivity index (χ1v) is 8.15. The zero-order valence-electron chi connectivity index (χ0n) is 12.0. The van der Waals surface area contributed by atoms with Crippen molar-refractivity contribution in [3.8, 4) is 0 Å². The minimum absolute atomic E-state index is 0.498. The van der Waals surface area contributed by atoms with Gasteiger partial charge in [-0.2, -0.15) is 0 Å². The molecule has 2 aliphatic carbocycles. The van der Waals surface area contributed by atoms with Gasteiger partial charge in [0.15, 0.2) is 0 Å². The van der Waals surface area contributed by atoms with Crippen LogP contribution in [0, 0.1) is 0 Å². The normalized spacial score (nSPS) is 23.2. The van der Waals surface area contributed by atoms with Gasteiger partial charge in [-0.05, 0) is 44.9 Å². The highest BCUT2D eigenvalue weighted by atomic mass is 16.5. The highest BCUT2D eigenvalue weighted by Crippen LogP contribution is 2.27. The van der Waals surface area contributed by atoms with Crippen LogP contribution in [-0.4, -0.2) is 24.9 Å². The molecule has 18 heavy (non-hydrogen) atoms. The van der Waals surface area contributed by atoms with Crippen LogP contribution in [0.4, 0.5) is 0 Å². The predicted octanol–water partition coefficient (Wildman–Crippen LogP) is 4.46. The van der Waals surface area contributed by atoms with Crippen LogP contribution in [0.15, 0.2) is 0 Å². The van der Waals surface area contributed by atoms with E-state index in [4.69, 9.17) is 9.47 Å². The Hall–Kier alpha value is -0.0800. The lowest BCUT2D eigenvalue weighted by Crippen LogP contribution is -2.19. The third-order valence-electron chi connectivity index (χ3n) is 4.10. The van der Waals surface area contributed by atoms with E-state index < -0.39 is 0 Å². The molecular formula is C16H30O2. The van der Waals surface area contributed by atoms with Crippen molar-refractivity contribution in [2.24, 2.45) is 0 Å². The van der Waals surface area contributed by atoms with Crippen molar-refractivity contribution in [2.75, 3.05) is 6.61 Å². The molecule has 2 nitrogen and oxygen atoms in total. The van der Waals surface area contributed by atoms with Gasteiger partial charge in [0, 0.05) is 6.61 Å². The molecule has 0 heterocycles. The van der Waals surface area contributed by atoms with Gasteiger partial charge >= 0.3 is 0 Å². The smallest absolute Gasteiger partial charge is 0.0580 e. The van der Waals surface area contributed by atoms with Crippen molar-refractivity contribution in [3.05, 3.63) is 0 Å². The fourth-order valence-electron chi connectivity index (χ4n) is 2.87. The largest absolute Gasteiger partial charge is 0.378 e. The zero-order valence-corrected chi connectivity index (χ0v) is 12.0. The Morgan fingerprint density at radius 1 is 0.944 bits per heavy atom. The second kappa shape index (κ2) is 8.16. The molecule has 1 atom stereocenters. The Morgan fingerprint density at radius 2 is 1.72 bits per heavy atom. The summed E-state index contributed by atoms with van der Waals surface area (Å²) in [4.78, 5) is 0. The lowest BCUT2D eigenvalue weighted by molar-refractivity contribution is 0.00169. The van der Waals surface area contributed by atoms with Gasteiger partial charge in [0.05, 0.1) is 18.3 Å². The molecule has 0 saturated heterocycles. The number of rotatable bonds is 9. The van der Waals surface area contributed by atoms with Crippen LogP contribution >= 0.6 is 0 Å². The molecule has 2 heteroatoms. The van der Waals surface area contributed by atoms with E-state index in [0.717, 1.165) is 6.61 Å². The topological polar surface area (TPSA) is 18.5 Å². The highest BCUT2D eigenvalue weighted by molar-refractivity contribution is 4.75. The molecule has 0 amide bonds. The van der Waals surface area contributed by atoms with E-state index in [9.17, 15) is 0 Å². The van der Waals surface area contributed by atoms with Gasteiger partial charge in [0.2, 0.25) is 0 Å². The highest BCUT2D eigenvalue weighted by Gasteiger charge is 2.25. The Kier molecular flexibility index (Phi) is 6.50. The molecular weight excluding hydrogens is 224 g/mol. The first-order chi connectivity index (χ1) is 8.88. The van der Waals surface area contributed by atoms with E-state index in [1.165, 1.54) is 70.6 Å². The average molecular weight is 254 g/mol. The summed E-state index contributed by atoms with van der Waals surface area (Å²) < 4.78 is 12.0. The molecule has 1 unspecified atom stereocenters. The molecule has 0 N–H and O–H groups in total. The van der Waals surface area contributed by atoms with Crippen LogP contribution in [0.5, 0.6) is 0 Å². The van der Waals surface area contributed by atoms with Gasteiger partial charge in [0.25, 0.3) is 0 Å². The summed E-state index contributed by atoms with van der Waals surface area (Å²) in [7, 11) is 0. The minimum Gasteiger partial charge on any atom is -0.378 e. The molecule has 0 spiro atoms.